The fraction of sp³-hybridized carbons (Fsp3) is 0.395. The van der Waals surface area contributed by atoms with E-state index in [1.54, 1.807) is 0 Å². The number of carbonyl (C=O) groups is 6. The monoisotopic (exact) mass is 800 g/mol. The molecule has 2 saturated carbocycles. The van der Waals surface area contributed by atoms with E-state index in [9.17, 15) is 49.2 Å². The molecule has 4 aliphatic rings. The van der Waals surface area contributed by atoms with E-state index in [0.29, 0.717) is 42.1 Å². The molecule has 0 spiro atoms. The van der Waals surface area contributed by atoms with Crippen molar-refractivity contribution >= 4 is 36.1 Å². The number of phenols is 3. The Hall–Kier alpha value is -6.38. The number of aromatic hydroxyl groups is 3. The van der Waals surface area contributed by atoms with Crippen LogP contribution in [0.4, 0.5) is 0 Å². The summed E-state index contributed by atoms with van der Waals surface area (Å²) in [5, 5.41) is 48.7. The van der Waals surface area contributed by atoms with Gasteiger partial charge in [0.05, 0.1) is 11.1 Å². The van der Waals surface area contributed by atoms with Gasteiger partial charge in [0, 0.05) is 29.6 Å². The van der Waals surface area contributed by atoms with Gasteiger partial charge in [-0.25, -0.2) is 19.2 Å². The number of fused-ring (bicyclic) bond motifs is 7. The van der Waals surface area contributed by atoms with Crippen LogP contribution in [0, 0.1) is 31.1 Å². The molecule has 1 aliphatic heterocycles. The largest absolute Gasteiger partial charge is 0.508 e. The molecule has 3 aromatic rings. The zero-order valence-electron chi connectivity index (χ0n) is 32.3. The van der Waals surface area contributed by atoms with E-state index >= 15 is 0 Å². The number of rotatable bonds is 8. The SMILES string of the molecule is CCC(=O)OC1CCC2C3CCc4cc(O)ccc4C3CCC12C.Cc1cc(O)c(C=O)c2c1C(=O)Oc1c(COC(=O)C=CC(=O)O)c(O)c(C(=O)O)c(C)c1O2. The van der Waals surface area contributed by atoms with Gasteiger partial charge in [0.15, 0.2) is 23.5 Å². The van der Waals surface area contributed by atoms with Crippen LogP contribution in [0.5, 0.6) is 34.5 Å². The van der Waals surface area contributed by atoms with Gasteiger partial charge >= 0.3 is 29.8 Å². The van der Waals surface area contributed by atoms with Crippen LogP contribution in [0.3, 0.4) is 0 Å². The van der Waals surface area contributed by atoms with Gasteiger partial charge in [-0.3, -0.25) is 9.59 Å². The second-order valence-electron chi connectivity index (χ2n) is 15.3. The number of carbonyl (C=O) groups excluding carboxylic acids is 4. The van der Waals surface area contributed by atoms with Gasteiger partial charge in [0.25, 0.3) is 0 Å². The molecule has 0 bridgehead atoms. The van der Waals surface area contributed by atoms with Crippen molar-refractivity contribution in [3.8, 4) is 34.5 Å². The number of ether oxygens (including phenoxy) is 4. The number of hydrogen-bond donors (Lipinski definition) is 5. The first-order valence-corrected chi connectivity index (χ1v) is 18.9. The third-order valence-corrected chi connectivity index (χ3v) is 12.1. The number of hydrogen-bond acceptors (Lipinski definition) is 13. The minimum absolute atomic E-state index is 0.0477. The molecule has 15 heteroatoms. The molecule has 3 aliphatic carbocycles. The molecular weight excluding hydrogens is 756 g/mol. The fourth-order valence-corrected chi connectivity index (χ4v) is 9.27. The number of aryl methyl sites for hydroxylation is 2. The van der Waals surface area contributed by atoms with E-state index in [0.717, 1.165) is 25.3 Å². The van der Waals surface area contributed by atoms with Gasteiger partial charge in [0.2, 0.25) is 0 Å². The fourth-order valence-electron chi connectivity index (χ4n) is 9.27. The number of phenolic OH excluding ortho intramolecular Hbond substituents is 2. The lowest BCUT2D eigenvalue weighted by Crippen LogP contribution is -2.45. The highest BCUT2D eigenvalue weighted by Gasteiger charge is 2.56. The average molecular weight is 801 g/mol. The Kier molecular flexibility index (Phi) is 11.5. The zero-order chi connectivity index (χ0) is 42.2. The van der Waals surface area contributed by atoms with Gasteiger partial charge in [-0.1, -0.05) is 19.9 Å². The van der Waals surface area contributed by atoms with Gasteiger partial charge in [-0.2, -0.15) is 0 Å². The lowest BCUT2D eigenvalue weighted by atomic mass is 9.55. The van der Waals surface area contributed by atoms with E-state index in [4.69, 9.17) is 24.1 Å². The molecule has 58 heavy (non-hydrogen) atoms. The second-order valence-corrected chi connectivity index (χ2v) is 15.3. The number of carboxylic acid groups (broad SMARTS) is 2. The molecule has 15 nitrogen and oxygen atoms in total. The van der Waals surface area contributed by atoms with E-state index < -0.39 is 70.2 Å². The first kappa shape index (κ1) is 41.3. The van der Waals surface area contributed by atoms with E-state index in [1.807, 2.05) is 19.1 Å². The van der Waals surface area contributed by atoms with E-state index in [-0.39, 0.29) is 46.2 Å². The van der Waals surface area contributed by atoms with Crippen molar-refractivity contribution in [2.75, 3.05) is 0 Å². The summed E-state index contributed by atoms with van der Waals surface area (Å²) >= 11 is 0. The summed E-state index contributed by atoms with van der Waals surface area (Å²) in [6.07, 6.45) is 8.69. The third-order valence-electron chi connectivity index (χ3n) is 12.1. The van der Waals surface area contributed by atoms with Crippen LogP contribution in [0.15, 0.2) is 36.4 Å². The standard InChI is InChI=1S/C22H16O12.C21H28O3/c1-8-5-12(24)10(6-23)19-15(8)22(31)34-20-11(7-32-14(27)4-3-13(25)26)17(28)16(21(29)30)9(2)18(20)33-19;1-3-20(23)24-19-9-8-18-17-6-4-13-12-14(22)5-7-15(13)16(17)10-11-21(18,19)2/h3-6,24,28H,7H2,1-2H3,(H,25,26)(H,29,30);5,7,12,16-19,22H,3-4,6,8-11H2,1-2H3. The molecule has 5 atom stereocenters. The molecular formula is C43H44O15. The van der Waals surface area contributed by atoms with Gasteiger partial charge in [0.1, 0.15) is 41.1 Å². The normalized spacial score (nSPS) is 22.5. The Morgan fingerprint density at radius 2 is 1.69 bits per heavy atom. The summed E-state index contributed by atoms with van der Waals surface area (Å²) in [6.45, 7) is 6.07. The van der Waals surface area contributed by atoms with Crippen molar-refractivity contribution in [2.45, 2.75) is 91.3 Å². The highest BCUT2D eigenvalue weighted by atomic mass is 16.6. The van der Waals surface area contributed by atoms with Crippen molar-refractivity contribution in [3.05, 3.63) is 80.9 Å². The van der Waals surface area contributed by atoms with E-state index in [1.165, 1.54) is 44.2 Å². The van der Waals surface area contributed by atoms with Gasteiger partial charge < -0.3 is 44.5 Å². The van der Waals surface area contributed by atoms with E-state index in [2.05, 4.69) is 13.0 Å². The molecule has 0 aromatic heterocycles. The molecule has 0 amide bonds. The van der Waals surface area contributed by atoms with Crippen LogP contribution in [0.2, 0.25) is 0 Å². The highest BCUT2D eigenvalue weighted by molar-refractivity contribution is 6.03. The maximum Gasteiger partial charge on any atom is 0.347 e. The summed E-state index contributed by atoms with van der Waals surface area (Å²) in [6, 6.07) is 7.08. The van der Waals surface area contributed by atoms with Crippen LogP contribution < -0.4 is 9.47 Å². The van der Waals surface area contributed by atoms with Gasteiger partial charge in [-0.15, -0.1) is 0 Å². The number of benzene rings is 3. The number of aromatic carboxylic acids is 1. The molecule has 7 rings (SSSR count). The molecule has 5 N–H and O–H groups in total. The Morgan fingerprint density at radius 3 is 2.36 bits per heavy atom. The van der Waals surface area contributed by atoms with Gasteiger partial charge in [-0.05, 0) is 105 Å². The Morgan fingerprint density at radius 1 is 0.948 bits per heavy atom. The number of aliphatic carboxylic acids is 1. The number of carboxylic acids is 2. The predicted molar refractivity (Wildman–Crippen MR) is 203 cm³/mol. The quantitative estimate of drug-likeness (QED) is 0.0681. The third kappa shape index (κ3) is 7.55. The van der Waals surface area contributed by atoms with Crippen LogP contribution in [-0.4, -0.2) is 67.8 Å². The Labute approximate surface area is 332 Å². The molecule has 2 fully saturated rings. The molecule has 306 valence electrons. The maximum absolute atomic E-state index is 12.9. The van der Waals surface area contributed by atoms with Crippen LogP contribution >= 0.6 is 0 Å². The van der Waals surface area contributed by atoms with Crippen molar-refractivity contribution in [1.82, 2.24) is 0 Å². The van der Waals surface area contributed by atoms with Crippen molar-refractivity contribution in [1.29, 1.82) is 0 Å². The zero-order valence-corrected chi connectivity index (χ0v) is 32.3. The minimum Gasteiger partial charge on any atom is -0.508 e. The summed E-state index contributed by atoms with van der Waals surface area (Å²) in [5.41, 5.74) is 1.15. The smallest absolute Gasteiger partial charge is 0.347 e. The first-order chi connectivity index (χ1) is 27.5. The topological polar surface area (TPSA) is 240 Å². The van der Waals surface area contributed by atoms with Crippen molar-refractivity contribution in [2.24, 2.45) is 17.3 Å². The second kappa shape index (κ2) is 16.2. The molecule has 0 radical (unpaired) electrons. The molecule has 1 heterocycles. The van der Waals surface area contributed by atoms with Crippen LogP contribution in [-0.2, 0) is 36.9 Å². The minimum atomic E-state index is -1.60. The van der Waals surface area contributed by atoms with Crippen LogP contribution in [0.1, 0.15) is 117 Å². The first-order valence-electron chi connectivity index (χ1n) is 18.9. The predicted octanol–water partition coefficient (Wildman–Crippen LogP) is 6.80. The lowest BCUT2D eigenvalue weighted by Gasteiger charge is -2.50. The van der Waals surface area contributed by atoms with Crippen molar-refractivity contribution in [3.63, 3.8) is 0 Å². The lowest BCUT2D eigenvalue weighted by molar-refractivity contribution is -0.157. The Bertz CT molecular complexity index is 2250. The van der Waals surface area contributed by atoms with Crippen LogP contribution in [0.25, 0.3) is 0 Å². The summed E-state index contributed by atoms with van der Waals surface area (Å²) in [7, 11) is 0. The van der Waals surface area contributed by atoms with Crippen molar-refractivity contribution < 1.29 is 73.2 Å². The maximum atomic E-state index is 12.9. The highest BCUT2D eigenvalue weighted by Crippen LogP contribution is 2.61. The molecule has 3 aromatic carbocycles. The summed E-state index contributed by atoms with van der Waals surface area (Å²) in [5.74, 6) is -5.59. The molecule has 0 saturated heterocycles. The summed E-state index contributed by atoms with van der Waals surface area (Å²) < 4.78 is 21.7. The average Bonchev–Trinajstić information content (AvgIpc) is 3.41. The number of esters is 3. The Balaban J connectivity index is 0.000000206. The summed E-state index contributed by atoms with van der Waals surface area (Å²) in [4.78, 5) is 70.4. The molecule has 5 unspecified atom stereocenters. The number of aldehydes is 1.